The number of thiocarbonyl (C=S) groups is 1. The molecular formula is C19H21ClN2O4S. The fraction of sp³-hybridized carbons (Fsp3) is 0.368. The minimum atomic E-state index is -0.155. The molecule has 1 aliphatic rings. The van der Waals surface area contributed by atoms with Crippen LogP contribution in [0.15, 0.2) is 41.0 Å². The third-order valence-electron chi connectivity index (χ3n) is 4.17. The van der Waals surface area contributed by atoms with Gasteiger partial charge in [-0.3, -0.25) is 4.79 Å². The molecule has 0 saturated carbocycles. The maximum absolute atomic E-state index is 11.8. The molecule has 144 valence electrons. The van der Waals surface area contributed by atoms with Gasteiger partial charge in [0.2, 0.25) is 0 Å². The van der Waals surface area contributed by atoms with Crippen molar-refractivity contribution in [2.24, 2.45) is 0 Å². The highest BCUT2D eigenvalue weighted by Gasteiger charge is 2.23. The van der Waals surface area contributed by atoms with Crippen LogP contribution in [0.3, 0.4) is 0 Å². The van der Waals surface area contributed by atoms with Crippen LogP contribution < -0.4 is 10.1 Å². The van der Waals surface area contributed by atoms with Crippen LogP contribution in [0.5, 0.6) is 5.75 Å². The van der Waals surface area contributed by atoms with Crippen LogP contribution >= 0.6 is 23.8 Å². The topological polar surface area (TPSA) is 63.9 Å². The number of hydrogen-bond donors (Lipinski definition) is 1. The Bertz CT molecular complexity index is 797. The van der Waals surface area contributed by atoms with E-state index < -0.39 is 0 Å². The average molecular weight is 409 g/mol. The van der Waals surface area contributed by atoms with Crippen LogP contribution in [0.2, 0.25) is 5.02 Å². The molecule has 0 amide bonds. The van der Waals surface area contributed by atoms with Gasteiger partial charge < -0.3 is 24.1 Å². The van der Waals surface area contributed by atoms with Crippen molar-refractivity contribution in [3.63, 3.8) is 0 Å². The number of benzene rings is 1. The summed E-state index contributed by atoms with van der Waals surface area (Å²) in [6.07, 6.45) is 1.48. The van der Waals surface area contributed by atoms with E-state index in [2.05, 4.69) is 5.32 Å². The first-order valence-electron chi connectivity index (χ1n) is 8.63. The number of furan rings is 1. The van der Waals surface area contributed by atoms with E-state index in [-0.39, 0.29) is 11.9 Å². The molecule has 1 atom stereocenters. The standard InChI is InChI=1S/C19H21ClN2O4S/c1-13(23)17-9-14(20)4-5-18(17)26-12-16-11-22(6-8-25-16)19(27)21-10-15-3-2-7-24-15/h2-5,7,9,16H,6,8,10-12H2,1H3,(H,21,27). The highest BCUT2D eigenvalue weighted by molar-refractivity contribution is 7.80. The summed E-state index contributed by atoms with van der Waals surface area (Å²) in [4.78, 5) is 13.8. The fourth-order valence-corrected chi connectivity index (χ4v) is 3.19. The van der Waals surface area contributed by atoms with Crippen molar-refractivity contribution in [3.05, 3.63) is 52.9 Å². The largest absolute Gasteiger partial charge is 0.490 e. The molecule has 0 radical (unpaired) electrons. The minimum absolute atomic E-state index is 0.0954. The molecule has 2 heterocycles. The molecule has 0 bridgehead atoms. The van der Waals surface area contributed by atoms with Gasteiger partial charge in [-0.05, 0) is 49.5 Å². The van der Waals surface area contributed by atoms with Crippen LogP contribution in [0.1, 0.15) is 23.0 Å². The second-order valence-corrected chi connectivity index (χ2v) is 7.01. The third kappa shape index (κ3) is 5.45. The molecule has 1 aromatic heterocycles. The van der Waals surface area contributed by atoms with Gasteiger partial charge in [0, 0.05) is 18.1 Å². The van der Waals surface area contributed by atoms with Gasteiger partial charge in [0.05, 0.1) is 25.0 Å². The second-order valence-electron chi connectivity index (χ2n) is 6.18. The van der Waals surface area contributed by atoms with Crippen LogP contribution in [-0.2, 0) is 11.3 Å². The highest BCUT2D eigenvalue weighted by atomic mass is 35.5. The van der Waals surface area contributed by atoms with Crippen molar-refractivity contribution in [1.82, 2.24) is 10.2 Å². The van der Waals surface area contributed by atoms with Crippen LogP contribution in [-0.4, -0.2) is 48.2 Å². The van der Waals surface area contributed by atoms with Gasteiger partial charge >= 0.3 is 0 Å². The Morgan fingerprint density at radius 3 is 3.04 bits per heavy atom. The summed E-state index contributed by atoms with van der Waals surface area (Å²) in [5.74, 6) is 1.23. The number of nitrogens with one attached hydrogen (secondary N) is 1. The fourth-order valence-electron chi connectivity index (χ4n) is 2.78. The lowest BCUT2D eigenvalue weighted by atomic mass is 10.1. The zero-order valence-corrected chi connectivity index (χ0v) is 16.5. The molecule has 1 unspecified atom stereocenters. The Balaban J connectivity index is 1.52. The number of Topliss-reactive ketones (excluding diaryl/α,β-unsaturated/α-hetero) is 1. The third-order valence-corrected chi connectivity index (χ3v) is 4.80. The van der Waals surface area contributed by atoms with Crippen LogP contribution in [0, 0.1) is 0 Å². The van der Waals surface area contributed by atoms with Crippen molar-refractivity contribution in [3.8, 4) is 5.75 Å². The van der Waals surface area contributed by atoms with Gasteiger partial charge in [-0.25, -0.2) is 0 Å². The van der Waals surface area contributed by atoms with Gasteiger partial charge in [-0.2, -0.15) is 0 Å². The van der Waals surface area contributed by atoms with Crippen molar-refractivity contribution in [1.29, 1.82) is 0 Å². The number of ketones is 1. The van der Waals surface area contributed by atoms with Gasteiger partial charge in [0.1, 0.15) is 24.2 Å². The summed E-state index contributed by atoms with van der Waals surface area (Å²) in [5.41, 5.74) is 0.464. The van der Waals surface area contributed by atoms with Gasteiger partial charge in [0.15, 0.2) is 10.9 Å². The van der Waals surface area contributed by atoms with E-state index in [1.54, 1.807) is 24.5 Å². The highest BCUT2D eigenvalue weighted by Crippen LogP contribution is 2.24. The van der Waals surface area contributed by atoms with Crippen molar-refractivity contribution in [2.45, 2.75) is 19.6 Å². The summed E-state index contributed by atoms with van der Waals surface area (Å²) >= 11 is 11.4. The maximum Gasteiger partial charge on any atom is 0.169 e. The van der Waals surface area contributed by atoms with Crippen molar-refractivity contribution < 1.29 is 18.7 Å². The molecule has 3 rings (SSSR count). The van der Waals surface area contributed by atoms with E-state index >= 15 is 0 Å². The van der Waals surface area contributed by atoms with Gasteiger partial charge in [-0.15, -0.1) is 0 Å². The quantitative estimate of drug-likeness (QED) is 0.581. The Kier molecular flexibility index (Phi) is 6.71. The SMILES string of the molecule is CC(=O)c1cc(Cl)ccc1OCC1CN(C(=S)NCc2ccco2)CCO1. The van der Waals surface area contributed by atoms with Crippen molar-refractivity contribution >= 4 is 34.7 Å². The maximum atomic E-state index is 11.8. The molecule has 0 aliphatic carbocycles. The van der Waals surface area contributed by atoms with E-state index in [9.17, 15) is 4.79 Å². The van der Waals surface area contributed by atoms with E-state index in [0.29, 0.717) is 54.3 Å². The molecule has 8 heteroatoms. The number of carbonyl (C=O) groups excluding carboxylic acids is 1. The lowest BCUT2D eigenvalue weighted by molar-refractivity contribution is -0.0289. The number of carbonyl (C=O) groups is 1. The van der Waals surface area contributed by atoms with Crippen molar-refractivity contribution in [2.75, 3.05) is 26.3 Å². The second kappa shape index (κ2) is 9.21. The first kappa shape index (κ1) is 19.7. The number of halogens is 1. The van der Waals surface area contributed by atoms with E-state index in [4.69, 9.17) is 37.7 Å². The molecule has 27 heavy (non-hydrogen) atoms. The smallest absolute Gasteiger partial charge is 0.169 e. The molecule has 1 saturated heterocycles. The Labute approximate surface area is 168 Å². The number of rotatable bonds is 6. The monoisotopic (exact) mass is 408 g/mol. The van der Waals surface area contributed by atoms with Gasteiger partial charge in [0.25, 0.3) is 0 Å². The first-order valence-corrected chi connectivity index (χ1v) is 9.41. The molecule has 6 nitrogen and oxygen atoms in total. The summed E-state index contributed by atoms with van der Waals surface area (Å²) in [5, 5.41) is 4.34. The summed E-state index contributed by atoms with van der Waals surface area (Å²) in [6.45, 7) is 4.21. The Morgan fingerprint density at radius 1 is 1.44 bits per heavy atom. The number of morpholine rings is 1. The Morgan fingerprint density at radius 2 is 2.30 bits per heavy atom. The van der Waals surface area contributed by atoms with Crippen LogP contribution in [0.25, 0.3) is 0 Å². The number of ether oxygens (including phenoxy) is 2. The van der Waals surface area contributed by atoms with E-state index in [1.807, 2.05) is 17.0 Å². The lowest BCUT2D eigenvalue weighted by Gasteiger charge is -2.34. The minimum Gasteiger partial charge on any atom is -0.490 e. The molecule has 0 spiro atoms. The summed E-state index contributed by atoms with van der Waals surface area (Å²) in [6, 6.07) is 8.75. The van der Waals surface area contributed by atoms with E-state index in [0.717, 1.165) is 5.76 Å². The summed E-state index contributed by atoms with van der Waals surface area (Å²) in [7, 11) is 0. The molecule has 2 aromatic rings. The lowest BCUT2D eigenvalue weighted by Crippen LogP contribution is -2.50. The Hall–Kier alpha value is -2.09. The van der Waals surface area contributed by atoms with Gasteiger partial charge in [-0.1, -0.05) is 11.6 Å². The predicted octanol–water partition coefficient (Wildman–Crippen LogP) is 3.29. The van der Waals surface area contributed by atoms with Crippen LogP contribution in [0.4, 0.5) is 0 Å². The number of hydrogen-bond acceptors (Lipinski definition) is 5. The molecule has 1 fully saturated rings. The average Bonchev–Trinajstić information content (AvgIpc) is 3.19. The normalized spacial score (nSPS) is 16.8. The first-order chi connectivity index (χ1) is 13.0. The predicted molar refractivity (Wildman–Crippen MR) is 106 cm³/mol. The molecule has 1 aliphatic heterocycles. The molecule has 1 aromatic carbocycles. The zero-order valence-electron chi connectivity index (χ0n) is 14.9. The van der Waals surface area contributed by atoms with E-state index in [1.165, 1.54) is 6.92 Å². The summed E-state index contributed by atoms with van der Waals surface area (Å²) < 4.78 is 16.9. The zero-order chi connectivity index (χ0) is 19.2. The molecule has 1 N–H and O–H groups in total. The number of nitrogens with zero attached hydrogens (tertiary/aromatic N) is 1. The molecular weight excluding hydrogens is 388 g/mol.